The van der Waals surface area contributed by atoms with Gasteiger partial charge >= 0.3 is 0 Å². The van der Waals surface area contributed by atoms with E-state index in [2.05, 4.69) is 11.4 Å². The molecule has 1 N–H and O–H groups in total. The molecule has 0 bridgehead atoms. The van der Waals surface area contributed by atoms with Gasteiger partial charge in [-0.05, 0) is 68.0 Å². The summed E-state index contributed by atoms with van der Waals surface area (Å²) in [6.45, 7) is 0. The van der Waals surface area contributed by atoms with Gasteiger partial charge in [0.05, 0.1) is 28.9 Å². The molecule has 2 heterocycles. The minimum atomic E-state index is -0.100. The molecule has 31 heavy (non-hydrogen) atoms. The van der Waals surface area contributed by atoms with Gasteiger partial charge in [0.15, 0.2) is 5.69 Å². The zero-order valence-corrected chi connectivity index (χ0v) is 18.5. The molecule has 0 spiro atoms. The quantitative estimate of drug-likeness (QED) is 0.500. The fourth-order valence-corrected chi connectivity index (χ4v) is 5.11. The van der Waals surface area contributed by atoms with Gasteiger partial charge in [0.2, 0.25) is 0 Å². The number of nitrogens with zero attached hydrogens (tertiary/aromatic N) is 2. The summed E-state index contributed by atoms with van der Waals surface area (Å²) in [5.74, 6) is -0.100. The van der Waals surface area contributed by atoms with Crippen molar-refractivity contribution in [1.29, 1.82) is 0 Å². The largest absolute Gasteiger partial charge is 0.472 e. The number of benzene rings is 1. The van der Waals surface area contributed by atoms with Crippen molar-refractivity contribution in [3.8, 4) is 5.69 Å². The van der Waals surface area contributed by atoms with Crippen LogP contribution in [0, 0.1) is 0 Å². The minimum Gasteiger partial charge on any atom is -0.472 e. The molecule has 1 saturated carbocycles. The number of carbonyl (C=O) groups is 1. The Morgan fingerprint density at radius 2 is 2.00 bits per heavy atom. The van der Waals surface area contributed by atoms with Gasteiger partial charge in [-0.2, -0.15) is 5.10 Å². The third kappa shape index (κ3) is 4.04. The average molecular weight is 456 g/mol. The SMILES string of the molecule is O=C(NC1CCCC1)c1nn(-c2ccc(Cl)cc2Cl)c2c1CCC/C2=C\c1ccoc1. The molecule has 0 atom stereocenters. The van der Waals surface area contributed by atoms with Gasteiger partial charge in [-0.3, -0.25) is 4.79 Å². The molecule has 5 nitrogen and oxygen atoms in total. The summed E-state index contributed by atoms with van der Waals surface area (Å²) < 4.78 is 7.05. The molecule has 0 saturated heterocycles. The molecule has 160 valence electrons. The van der Waals surface area contributed by atoms with E-state index in [1.165, 1.54) is 0 Å². The van der Waals surface area contributed by atoms with E-state index >= 15 is 0 Å². The van der Waals surface area contributed by atoms with Crippen LogP contribution in [0.4, 0.5) is 0 Å². The van der Waals surface area contributed by atoms with E-state index in [0.717, 1.165) is 67.3 Å². The van der Waals surface area contributed by atoms with Gasteiger partial charge in [-0.25, -0.2) is 4.68 Å². The third-order valence-electron chi connectivity index (χ3n) is 6.09. The number of aromatic nitrogens is 2. The second-order valence-electron chi connectivity index (χ2n) is 8.22. The number of halogens is 2. The number of carbonyl (C=O) groups excluding carboxylic acids is 1. The first-order chi connectivity index (χ1) is 15.1. The van der Waals surface area contributed by atoms with Crippen LogP contribution in [0.3, 0.4) is 0 Å². The lowest BCUT2D eigenvalue weighted by molar-refractivity contribution is 0.0931. The first-order valence-electron chi connectivity index (χ1n) is 10.7. The van der Waals surface area contributed by atoms with Gasteiger partial charge in [0.1, 0.15) is 0 Å². The van der Waals surface area contributed by atoms with Crippen molar-refractivity contribution in [2.75, 3.05) is 0 Å². The van der Waals surface area contributed by atoms with Crippen molar-refractivity contribution in [3.63, 3.8) is 0 Å². The number of furan rings is 1. The summed E-state index contributed by atoms with van der Waals surface area (Å²) in [6.07, 6.45) is 12.5. The lowest BCUT2D eigenvalue weighted by Crippen LogP contribution is -2.33. The molecule has 0 radical (unpaired) electrons. The summed E-state index contributed by atoms with van der Waals surface area (Å²) in [7, 11) is 0. The van der Waals surface area contributed by atoms with E-state index in [4.69, 9.17) is 32.7 Å². The average Bonchev–Trinajstić information content (AvgIpc) is 3.49. The van der Waals surface area contributed by atoms with E-state index in [-0.39, 0.29) is 11.9 Å². The minimum absolute atomic E-state index is 0.100. The Morgan fingerprint density at radius 1 is 1.16 bits per heavy atom. The van der Waals surface area contributed by atoms with Crippen molar-refractivity contribution in [2.45, 2.75) is 51.0 Å². The van der Waals surface area contributed by atoms with E-state index in [1.54, 1.807) is 24.7 Å². The van der Waals surface area contributed by atoms with Crippen molar-refractivity contribution in [3.05, 3.63) is 69.4 Å². The molecule has 0 aliphatic heterocycles. The Bertz CT molecular complexity index is 1140. The van der Waals surface area contributed by atoms with Crippen LogP contribution in [0.1, 0.15) is 65.8 Å². The van der Waals surface area contributed by atoms with Crippen LogP contribution >= 0.6 is 23.2 Å². The van der Waals surface area contributed by atoms with Gasteiger partial charge in [-0.1, -0.05) is 36.0 Å². The van der Waals surface area contributed by atoms with Crippen molar-refractivity contribution < 1.29 is 9.21 Å². The fourth-order valence-electron chi connectivity index (χ4n) is 4.62. The summed E-state index contributed by atoms with van der Waals surface area (Å²) >= 11 is 12.7. The molecule has 5 rings (SSSR count). The summed E-state index contributed by atoms with van der Waals surface area (Å²) in [5.41, 5.74) is 5.21. The maximum absolute atomic E-state index is 13.2. The molecular weight excluding hydrogens is 433 g/mol. The molecule has 0 unspecified atom stereocenters. The third-order valence-corrected chi connectivity index (χ3v) is 6.63. The van der Waals surface area contributed by atoms with Gasteiger partial charge in [0, 0.05) is 22.2 Å². The molecule has 1 fully saturated rings. The Hall–Kier alpha value is -2.50. The lowest BCUT2D eigenvalue weighted by Gasteiger charge is -2.19. The standard InChI is InChI=1S/C24H23Cl2N3O2/c25-17-8-9-21(20(26)13-17)29-23-16(12-15-10-11-31-14-15)4-3-7-19(23)22(28-29)24(30)27-18-5-1-2-6-18/h8-14,18H,1-7H2,(H,27,30)/b16-12+. The topological polar surface area (TPSA) is 60.1 Å². The van der Waals surface area contributed by atoms with Crippen LogP contribution in [-0.4, -0.2) is 21.7 Å². The summed E-state index contributed by atoms with van der Waals surface area (Å²) in [5, 5.41) is 9.03. The Kier molecular flexibility index (Phi) is 5.63. The normalized spacial score (nSPS) is 17.8. The van der Waals surface area contributed by atoms with Gasteiger partial charge in [-0.15, -0.1) is 0 Å². The highest BCUT2D eigenvalue weighted by atomic mass is 35.5. The fraction of sp³-hybridized carbons (Fsp3) is 0.333. The van der Waals surface area contributed by atoms with Crippen LogP contribution in [0.15, 0.2) is 41.2 Å². The number of nitrogens with one attached hydrogen (secondary N) is 1. The van der Waals surface area contributed by atoms with E-state index in [0.29, 0.717) is 21.4 Å². The van der Waals surface area contributed by atoms with Crippen LogP contribution in [0.2, 0.25) is 10.0 Å². The predicted molar refractivity (Wildman–Crippen MR) is 123 cm³/mol. The predicted octanol–water partition coefficient (Wildman–Crippen LogP) is 6.32. The number of rotatable bonds is 4. The molecular formula is C24H23Cl2N3O2. The zero-order valence-electron chi connectivity index (χ0n) is 17.0. The van der Waals surface area contributed by atoms with E-state index in [1.807, 2.05) is 16.8 Å². The summed E-state index contributed by atoms with van der Waals surface area (Å²) in [6, 6.07) is 7.49. The Balaban J connectivity index is 1.64. The molecule has 3 aromatic rings. The maximum atomic E-state index is 13.2. The highest BCUT2D eigenvalue weighted by molar-refractivity contribution is 6.35. The molecule has 2 aliphatic rings. The molecule has 2 aromatic heterocycles. The van der Waals surface area contributed by atoms with E-state index in [9.17, 15) is 4.79 Å². The van der Waals surface area contributed by atoms with Crippen LogP contribution in [-0.2, 0) is 6.42 Å². The van der Waals surface area contributed by atoms with Crippen molar-refractivity contribution in [1.82, 2.24) is 15.1 Å². The van der Waals surface area contributed by atoms with Crippen molar-refractivity contribution in [2.24, 2.45) is 0 Å². The van der Waals surface area contributed by atoms with Gasteiger partial charge < -0.3 is 9.73 Å². The highest BCUT2D eigenvalue weighted by Crippen LogP contribution is 2.37. The highest BCUT2D eigenvalue weighted by Gasteiger charge is 2.30. The Labute approximate surface area is 191 Å². The second kappa shape index (κ2) is 8.56. The number of hydrogen-bond acceptors (Lipinski definition) is 3. The Morgan fingerprint density at radius 3 is 2.74 bits per heavy atom. The molecule has 7 heteroatoms. The number of amides is 1. The summed E-state index contributed by atoms with van der Waals surface area (Å²) in [4.78, 5) is 13.2. The van der Waals surface area contributed by atoms with Gasteiger partial charge in [0.25, 0.3) is 5.91 Å². The number of hydrogen-bond donors (Lipinski definition) is 1. The molecule has 1 aromatic carbocycles. The van der Waals surface area contributed by atoms with Crippen LogP contribution < -0.4 is 5.32 Å². The second-order valence-corrected chi connectivity index (χ2v) is 9.06. The monoisotopic (exact) mass is 455 g/mol. The maximum Gasteiger partial charge on any atom is 0.272 e. The smallest absolute Gasteiger partial charge is 0.272 e. The van der Waals surface area contributed by atoms with Crippen LogP contribution in [0.25, 0.3) is 17.3 Å². The van der Waals surface area contributed by atoms with Crippen molar-refractivity contribution >= 4 is 40.8 Å². The number of allylic oxidation sites excluding steroid dienone is 1. The zero-order chi connectivity index (χ0) is 21.4. The van der Waals surface area contributed by atoms with Crippen LogP contribution in [0.5, 0.6) is 0 Å². The first-order valence-corrected chi connectivity index (χ1v) is 11.5. The molecule has 2 aliphatic carbocycles. The number of fused-ring (bicyclic) bond motifs is 1. The van der Waals surface area contributed by atoms with E-state index < -0.39 is 0 Å². The molecule has 1 amide bonds. The lowest BCUT2D eigenvalue weighted by atomic mass is 9.90. The first kappa shape index (κ1) is 20.4.